The minimum absolute atomic E-state index is 0.136. The fourth-order valence-electron chi connectivity index (χ4n) is 1.15. The molecule has 0 fully saturated rings. The van der Waals surface area contributed by atoms with Crippen molar-refractivity contribution in [3.05, 3.63) is 11.7 Å². The van der Waals surface area contributed by atoms with Gasteiger partial charge in [-0.1, -0.05) is 32.3 Å². The van der Waals surface area contributed by atoms with Gasteiger partial charge in [0.1, 0.15) is 0 Å². The molecule has 1 rings (SSSR count). The van der Waals surface area contributed by atoms with Crippen LogP contribution in [0.15, 0.2) is 4.52 Å². The van der Waals surface area contributed by atoms with Crippen molar-refractivity contribution < 1.29 is 4.52 Å². The SMILES string of the molecule is CCSCc1noc([C@@H](N)C(C)CC)n1. The Morgan fingerprint density at radius 1 is 1.47 bits per heavy atom. The fraction of sp³-hybridized carbons (Fsp3) is 0.800. The molecule has 0 aromatic carbocycles. The van der Waals surface area contributed by atoms with Gasteiger partial charge in [-0.3, -0.25) is 0 Å². The zero-order chi connectivity index (χ0) is 11.3. The number of nitrogens with two attached hydrogens (primary N) is 1. The summed E-state index contributed by atoms with van der Waals surface area (Å²) in [6, 6.07) is -0.136. The van der Waals surface area contributed by atoms with Gasteiger partial charge >= 0.3 is 0 Å². The van der Waals surface area contributed by atoms with Crippen LogP contribution in [0.2, 0.25) is 0 Å². The first kappa shape index (κ1) is 12.5. The van der Waals surface area contributed by atoms with Crippen LogP contribution in [0.1, 0.15) is 44.9 Å². The van der Waals surface area contributed by atoms with Crippen molar-refractivity contribution >= 4 is 11.8 Å². The predicted octanol–water partition coefficient (Wildman–Crippen LogP) is 2.37. The van der Waals surface area contributed by atoms with Crippen LogP contribution in [0.5, 0.6) is 0 Å². The summed E-state index contributed by atoms with van der Waals surface area (Å²) in [5, 5.41) is 3.90. The molecule has 0 saturated carbocycles. The standard InChI is InChI=1S/C10H19N3OS/c1-4-7(3)9(11)10-12-8(13-14-10)6-15-5-2/h7,9H,4-6,11H2,1-3H3/t7?,9-/m0/s1. The van der Waals surface area contributed by atoms with Gasteiger partial charge in [-0.2, -0.15) is 16.7 Å². The Labute approximate surface area is 95.0 Å². The molecule has 0 aliphatic rings. The van der Waals surface area contributed by atoms with Gasteiger partial charge in [0.15, 0.2) is 5.82 Å². The summed E-state index contributed by atoms with van der Waals surface area (Å²) >= 11 is 1.77. The second-order valence-electron chi connectivity index (χ2n) is 3.60. The summed E-state index contributed by atoms with van der Waals surface area (Å²) in [5.41, 5.74) is 5.99. The predicted molar refractivity (Wildman–Crippen MR) is 62.5 cm³/mol. The Hall–Kier alpha value is -0.550. The van der Waals surface area contributed by atoms with Crippen molar-refractivity contribution in [3.8, 4) is 0 Å². The summed E-state index contributed by atoms with van der Waals surface area (Å²) in [7, 11) is 0. The van der Waals surface area contributed by atoms with E-state index in [-0.39, 0.29) is 6.04 Å². The molecule has 0 aliphatic carbocycles. The molecule has 0 saturated heterocycles. The molecule has 0 spiro atoms. The van der Waals surface area contributed by atoms with Crippen LogP contribution >= 0.6 is 11.8 Å². The van der Waals surface area contributed by atoms with E-state index >= 15 is 0 Å². The molecule has 86 valence electrons. The third-order valence-electron chi connectivity index (χ3n) is 2.46. The molecular weight excluding hydrogens is 210 g/mol. The molecule has 1 unspecified atom stereocenters. The lowest BCUT2D eigenvalue weighted by atomic mass is 10.0. The maximum atomic E-state index is 5.99. The Bertz CT molecular complexity index is 290. The van der Waals surface area contributed by atoms with Crippen LogP contribution in [-0.2, 0) is 5.75 Å². The Morgan fingerprint density at radius 2 is 2.20 bits per heavy atom. The molecule has 0 bridgehead atoms. The van der Waals surface area contributed by atoms with E-state index in [9.17, 15) is 0 Å². The van der Waals surface area contributed by atoms with E-state index < -0.39 is 0 Å². The minimum atomic E-state index is -0.136. The number of rotatable bonds is 6. The lowest BCUT2D eigenvalue weighted by molar-refractivity contribution is 0.311. The van der Waals surface area contributed by atoms with E-state index in [4.69, 9.17) is 10.3 Å². The van der Waals surface area contributed by atoms with Crippen molar-refractivity contribution in [1.29, 1.82) is 0 Å². The van der Waals surface area contributed by atoms with E-state index in [0.717, 1.165) is 23.8 Å². The van der Waals surface area contributed by atoms with Gasteiger partial charge in [0.2, 0.25) is 5.89 Å². The Morgan fingerprint density at radius 3 is 2.80 bits per heavy atom. The van der Waals surface area contributed by atoms with E-state index in [0.29, 0.717) is 11.8 Å². The van der Waals surface area contributed by atoms with Crippen molar-refractivity contribution in [3.63, 3.8) is 0 Å². The van der Waals surface area contributed by atoms with Gasteiger partial charge in [0.05, 0.1) is 11.8 Å². The van der Waals surface area contributed by atoms with Gasteiger partial charge in [-0.15, -0.1) is 0 Å². The van der Waals surface area contributed by atoms with Gasteiger partial charge in [-0.25, -0.2) is 0 Å². The van der Waals surface area contributed by atoms with E-state index in [1.807, 2.05) is 0 Å². The molecule has 1 heterocycles. The van der Waals surface area contributed by atoms with E-state index in [1.165, 1.54) is 0 Å². The number of thioether (sulfide) groups is 1. The molecule has 2 N–H and O–H groups in total. The number of hydrogen-bond donors (Lipinski definition) is 1. The number of nitrogens with zero attached hydrogens (tertiary/aromatic N) is 2. The molecule has 0 radical (unpaired) electrons. The number of aromatic nitrogens is 2. The summed E-state index contributed by atoms with van der Waals surface area (Å²) < 4.78 is 5.15. The van der Waals surface area contributed by atoms with E-state index in [2.05, 4.69) is 30.9 Å². The zero-order valence-corrected chi connectivity index (χ0v) is 10.4. The minimum Gasteiger partial charge on any atom is -0.338 e. The summed E-state index contributed by atoms with van der Waals surface area (Å²) in [6.45, 7) is 6.31. The zero-order valence-electron chi connectivity index (χ0n) is 9.56. The van der Waals surface area contributed by atoms with Crippen LogP contribution in [0.25, 0.3) is 0 Å². The van der Waals surface area contributed by atoms with Gasteiger partial charge in [-0.05, 0) is 11.7 Å². The van der Waals surface area contributed by atoms with Gasteiger partial charge in [0, 0.05) is 0 Å². The quantitative estimate of drug-likeness (QED) is 0.811. The fourth-order valence-corrected chi connectivity index (χ4v) is 1.66. The van der Waals surface area contributed by atoms with Crippen LogP contribution < -0.4 is 5.73 Å². The maximum Gasteiger partial charge on any atom is 0.243 e. The molecule has 4 nitrogen and oxygen atoms in total. The van der Waals surface area contributed by atoms with Crippen LogP contribution in [0.4, 0.5) is 0 Å². The maximum absolute atomic E-state index is 5.99. The van der Waals surface area contributed by atoms with Crippen molar-refractivity contribution in [2.75, 3.05) is 5.75 Å². The lowest BCUT2D eigenvalue weighted by Gasteiger charge is -2.12. The monoisotopic (exact) mass is 229 g/mol. The highest BCUT2D eigenvalue weighted by molar-refractivity contribution is 7.98. The average Bonchev–Trinajstić information content (AvgIpc) is 2.72. The molecule has 1 aromatic rings. The van der Waals surface area contributed by atoms with Crippen LogP contribution in [-0.4, -0.2) is 15.9 Å². The molecular formula is C10H19N3OS. The largest absolute Gasteiger partial charge is 0.338 e. The molecule has 1 aromatic heterocycles. The van der Waals surface area contributed by atoms with Crippen LogP contribution in [0, 0.1) is 5.92 Å². The topological polar surface area (TPSA) is 64.9 Å². The van der Waals surface area contributed by atoms with Crippen molar-refractivity contribution in [2.24, 2.45) is 11.7 Å². The van der Waals surface area contributed by atoms with Crippen LogP contribution in [0.3, 0.4) is 0 Å². The summed E-state index contributed by atoms with van der Waals surface area (Å²) in [6.07, 6.45) is 1.02. The average molecular weight is 229 g/mol. The second-order valence-corrected chi connectivity index (χ2v) is 4.87. The van der Waals surface area contributed by atoms with Crippen molar-refractivity contribution in [1.82, 2.24) is 10.1 Å². The van der Waals surface area contributed by atoms with E-state index in [1.54, 1.807) is 11.8 Å². The third kappa shape index (κ3) is 3.50. The Kier molecular flexibility index (Phi) is 5.11. The summed E-state index contributed by atoms with van der Waals surface area (Å²) in [4.78, 5) is 4.29. The molecule has 5 heteroatoms. The first-order valence-corrected chi connectivity index (χ1v) is 6.50. The first-order chi connectivity index (χ1) is 7.19. The molecule has 0 amide bonds. The summed E-state index contributed by atoms with van der Waals surface area (Å²) in [5.74, 6) is 3.54. The first-order valence-electron chi connectivity index (χ1n) is 5.34. The molecule has 2 atom stereocenters. The van der Waals surface area contributed by atoms with Crippen molar-refractivity contribution in [2.45, 2.75) is 39.0 Å². The normalized spacial score (nSPS) is 15.2. The van der Waals surface area contributed by atoms with Gasteiger partial charge in [0.25, 0.3) is 0 Å². The smallest absolute Gasteiger partial charge is 0.243 e. The van der Waals surface area contributed by atoms with Gasteiger partial charge < -0.3 is 10.3 Å². The lowest BCUT2D eigenvalue weighted by Crippen LogP contribution is -2.18. The number of hydrogen-bond acceptors (Lipinski definition) is 5. The highest BCUT2D eigenvalue weighted by Gasteiger charge is 2.19. The molecule has 15 heavy (non-hydrogen) atoms. The Balaban J connectivity index is 2.58. The third-order valence-corrected chi connectivity index (χ3v) is 3.33. The highest BCUT2D eigenvalue weighted by atomic mass is 32.2. The highest BCUT2D eigenvalue weighted by Crippen LogP contribution is 2.20. The second kappa shape index (κ2) is 6.12. The molecule has 0 aliphatic heterocycles.